The molecule has 1 atom stereocenters. The molecule has 1 unspecified atom stereocenters. The Morgan fingerprint density at radius 3 is 2.47 bits per heavy atom. The summed E-state index contributed by atoms with van der Waals surface area (Å²) in [5, 5.41) is 3.59. The summed E-state index contributed by atoms with van der Waals surface area (Å²) in [6.07, 6.45) is 1.29. The Kier molecular flexibility index (Phi) is 7.05. The van der Waals surface area contributed by atoms with Gasteiger partial charge in [-0.25, -0.2) is 8.42 Å². The number of sulfonamides is 1. The Hall–Kier alpha value is -2.13. The number of benzene rings is 2. The molecule has 0 bridgehead atoms. The summed E-state index contributed by atoms with van der Waals surface area (Å²) in [5.74, 6) is -0.586. The first kappa shape index (κ1) is 23.0. The van der Waals surface area contributed by atoms with Crippen molar-refractivity contribution in [2.75, 3.05) is 56.5 Å². The largest absolute Gasteiger partial charge is 0.367 e. The van der Waals surface area contributed by atoms with Crippen molar-refractivity contribution in [2.24, 2.45) is 5.92 Å². The van der Waals surface area contributed by atoms with E-state index in [2.05, 4.69) is 22.2 Å². The van der Waals surface area contributed by atoms with E-state index in [-0.39, 0.29) is 17.3 Å². The predicted octanol–water partition coefficient (Wildman–Crippen LogP) is 3.13. The lowest BCUT2D eigenvalue weighted by Gasteiger charge is -2.35. The normalized spacial score (nSPS) is 20.8. The van der Waals surface area contributed by atoms with E-state index in [4.69, 9.17) is 11.6 Å². The number of nitrogens with one attached hydrogen (secondary N) is 1. The molecule has 32 heavy (non-hydrogen) atoms. The lowest BCUT2D eigenvalue weighted by atomic mass is 9.98. The molecule has 0 aromatic heterocycles. The summed E-state index contributed by atoms with van der Waals surface area (Å²) in [5.41, 5.74) is 1.62. The topological polar surface area (TPSA) is 73.0 Å². The molecule has 1 N–H and O–H groups in total. The summed E-state index contributed by atoms with van der Waals surface area (Å²) in [7, 11) is -1.52. The number of carbonyl (C=O) groups is 1. The molecule has 0 radical (unpaired) electrons. The van der Waals surface area contributed by atoms with Gasteiger partial charge in [-0.1, -0.05) is 29.8 Å². The molecule has 2 aliphatic heterocycles. The Bertz CT molecular complexity index is 1060. The molecule has 2 heterocycles. The van der Waals surface area contributed by atoms with Crippen LogP contribution in [0, 0.1) is 5.92 Å². The van der Waals surface area contributed by atoms with E-state index in [1.807, 2.05) is 12.1 Å². The Morgan fingerprint density at radius 1 is 1.03 bits per heavy atom. The van der Waals surface area contributed by atoms with Crippen LogP contribution in [-0.4, -0.2) is 69.8 Å². The highest BCUT2D eigenvalue weighted by atomic mass is 35.5. The zero-order valence-electron chi connectivity index (χ0n) is 18.2. The van der Waals surface area contributed by atoms with Gasteiger partial charge in [-0.05, 0) is 50.2 Å². The fourth-order valence-corrected chi connectivity index (χ4v) is 6.00. The third-order valence-corrected chi connectivity index (χ3v) is 8.31. The van der Waals surface area contributed by atoms with Gasteiger partial charge in [0.2, 0.25) is 15.9 Å². The van der Waals surface area contributed by atoms with E-state index in [0.29, 0.717) is 30.1 Å². The quantitative estimate of drug-likeness (QED) is 0.717. The summed E-state index contributed by atoms with van der Waals surface area (Å²) in [6, 6.07) is 13.9. The highest BCUT2D eigenvalue weighted by molar-refractivity contribution is 7.89. The van der Waals surface area contributed by atoms with Gasteiger partial charge >= 0.3 is 0 Å². The third kappa shape index (κ3) is 5.09. The minimum absolute atomic E-state index is 0.171. The lowest BCUT2D eigenvalue weighted by molar-refractivity contribution is -0.120. The SMILES string of the molecule is CN1CCN(c2ccc(Cl)cc2NC(=O)C2CCCN(S(=O)(=O)c3ccccc3)C2)CC1. The van der Waals surface area contributed by atoms with Crippen molar-refractivity contribution in [1.82, 2.24) is 9.21 Å². The fourth-order valence-electron chi connectivity index (χ4n) is 4.28. The number of piperidine rings is 1. The number of likely N-dealkylation sites (N-methyl/N-ethyl adjacent to an activating group) is 1. The van der Waals surface area contributed by atoms with Crippen LogP contribution >= 0.6 is 11.6 Å². The monoisotopic (exact) mass is 476 g/mol. The molecule has 0 saturated carbocycles. The molecule has 0 aliphatic carbocycles. The van der Waals surface area contributed by atoms with Crippen LogP contribution in [0.25, 0.3) is 0 Å². The van der Waals surface area contributed by atoms with Crippen molar-refractivity contribution in [3.05, 3.63) is 53.6 Å². The minimum Gasteiger partial charge on any atom is -0.367 e. The van der Waals surface area contributed by atoms with Crippen molar-refractivity contribution in [1.29, 1.82) is 0 Å². The maximum Gasteiger partial charge on any atom is 0.243 e. The molecule has 2 aromatic carbocycles. The molecule has 2 fully saturated rings. The van der Waals surface area contributed by atoms with Gasteiger partial charge in [-0.15, -0.1) is 0 Å². The molecule has 2 aromatic rings. The Balaban J connectivity index is 1.49. The molecule has 4 rings (SSSR count). The van der Waals surface area contributed by atoms with Crippen LogP contribution in [-0.2, 0) is 14.8 Å². The number of hydrogen-bond acceptors (Lipinski definition) is 5. The number of anilines is 2. The first-order valence-electron chi connectivity index (χ1n) is 10.9. The van der Waals surface area contributed by atoms with E-state index in [1.165, 1.54) is 4.31 Å². The van der Waals surface area contributed by atoms with Crippen molar-refractivity contribution in [2.45, 2.75) is 17.7 Å². The highest BCUT2D eigenvalue weighted by Crippen LogP contribution is 2.31. The number of hydrogen-bond donors (Lipinski definition) is 1. The van der Waals surface area contributed by atoms with Gasteiger partial charge < -0.3 is 15.1 Å². The maximum atomic E-state index is 13.2. The lowest BCUT2D eigenvalue weighted by Crippen LogP contribution is -2.45. The molecule has 2 aliphatic rings. The number of halogens is 1. The second-order valence-corrected chi connectivity index (χ2v) is 10.8. The molecule has 172 valence electrons. The van der Waals surface area contributed by atoms with Crippen LogP contribution in [0.1, 0.15) is 12.8 Å². The molecular formula is C23H29ClN4O3S. The smallest absolute Gasteiger partial charge is 0.243 e. The second-order valence-electron chi connectivity index (χ2n) is 8.46. The van der Waals surface area contributed by atoms with Gasteiger partial charge in [0.05, 0.1) is 22.2 Å². The average Bonchev–Trinajstić information content (AvgIpc) is 2.80. The fraction of sp³-hybridized carbons (Fsp3) is 0.435. The van der Waals surface area contributed by atoms with Crippen molar-refractivity contribution < 1.29 is 13.2 Å². The summed E-state index contributed by atoms with van der Waals surface area (Å²) in [6.45, 7) is 4.23. The van der Waals surface area contributed by atoms with Gasteiger partial charge in [0.15, 0.2) is 0 Å². The first-order chi connectivity index (χ1) is 15.3. The van der Waals surface area contributed by atoms with Crippen molar-refractivity contribution >= 4 is 38.9 Å². The van der Waals surface area contributed by atoms with E-state index in [0.717, 1.165) is 31.9 Å². The van der Waals surface area contributed by atoms with E-state index < -0.39 is 15.9 Å². The van der Waals surface area contributed by atoms with Gasteiger partial charge in [0.25, 0.3) is 0 Å². The van der Waals surface area contributed by atoms with Crippen LogP contribution in [0.15, 0.2) is 53.4 Å². The zero-order chi connectivity index (χ0) is 22.7. The Labute approximate surface area is 195 Å². The molecular weight excluding hydrogens is 448 g/mol. The molecule has 2 saturated heterocycles. The zero-order valence-corrected chi connectivity index (χ0v) is 19.8. The van der Waals surface area contributed by atoms with Crippen LogP contribution in [0.5, 0.6) is 0 Å². The standard InChI is InChI=1S/C23H29ClN4O3S/c1-26-12-14-27(15-13-26)22-10-9-19(24)16-21(22)25-23(29)18-6-5-11-28(17-18)32(30,31)20-7-3-2-4-8-20/h2-4,7-10,16,18H,5-6,11-15,17H2,1H3,(H,25,29). The highest BCUT2D eigenvalue weighted by Gasteiger charge is 2.33. The molecule has 0 spiro atoms. The minimum atomic E-state index is -3.62. The van der Waals surface area contributed by atoms with Crippen molar-refractivity contribution in [3.63, 3.8) is 0 Å². The number of piperazine rings is 1. The van der Waals surface area contributed by atoms with E-state index in [9.17, 15) is 13.2 Å². The summed E-state index contributed by atoms with van der Waals surface area (Å²) >= 11 is 6.23. The number of carbonyl (C=O) groups excluding carboxylic acids is 1. The summed E-state index contributed by atoms with van der Waals surface area (Å²) < 4.78 is 27.4. The predicted molar refractivity (Wildman–Crippen MR) is 128 cm³/mol. The first-order valence-corrected chi connectivity index (χ1v) is 12.8. The number of nitrogens with zero attached hydrogens (tertiary/aromatic N) is 3. The summed E-state index contributed by atoms with van der Waals surface area (Å²) in [4.78, 5) is 18.0. The molecule has 1 amide bonds. The maximum absolute atomic E-state index is 13.2. The average molecular weight is 477 g/mol. The second kappa shape index (κ2) is 9.79. The molecule has 9 heteroatoms. The third-order valence-electron chi connectivity index (χ3n) is 6.20. The van der Waals surface area contributed by atoms with Gasteiger partial charge in [-0.2, -0.15) is 4.31 Å². The van der Waals surface area contributed by atoms with Crippen LogP contribution in [0.2, 0.25) is 5.02 Å². The number of rotatable bonds is 5. The van der Waals surface area contributed by atoms with Gasteiger partial charge in [0, 0.05) is 44.3 Å². The van der Waals surface area contributed by atoms with Crippen LogP contribution in [0.4, 0.5) is 11.4 Å². The van der Waals surface area contributed by atoms with Gasteiger partial charge in [-0.3, -0.25) is 4.79 Å². The van der Waals surface area contributed by atoms with E-state index >= 15 is 0 Å². The van der Waals surface area contributed by atoms with Crippen LogP contribution < -0.4 is 10.2 Å². The van der Waals surface area contributed by atoms with E-state index in [1.54, 1.807) is 36.4 Å². The number of amides is 1. The van der Waals surface area contributed by atoms with Crippen molar-refractivity contribution in [3.8, 4) is 0 Å². The van der Waals surface area contributed by atoms with Gasteiger partial charge in [0.1, 0.15) is 0 Å². The Morgan fingerprint density at radius 2 is 1.75 bits per heavy atom. The molecule has 7 nitrogen and oxygen atoms in total. The van der Waals surface area contributed by atoms with Crippen LogP contribution in [0.3, 0.4) is 0 Å².